The van der Waals surface area contributed by atoms with Crippen LogP contribution in [0.4, 0.5) is 11.4 Å². The molecule has 0 aliphatic rings. The summed E-state index contributed by atoms with van der Waals surface area (Å²) in [7, 11) is -3.76. The van der Waals surface area contributed by atoms with Gasteiger partial charge in [0.05, 0.1) is 10.6 Å². The van der Waals surface area contributed by atoms with Crippen LogP contribution in [-0.2, 0) is 14.8 Å². The first-order valence-electron chi connectivity index (χ1n) is 9.58. The largest absolute Gasteiger partial charge is 0.481 e. The Morgan fingerprint density at radius 2 is 1.58 bits per heavy atom. The van der Waals surface area contributed by atoms with Crippen molar-refractivity contribution in [1.29, 1.82) is 0 Å². The summed E-state index contributed by atoms with van der Waals surface area (Å²) < 4.78 is 33.7. The summed E-state index contributed by atoms with van der Waals surface area (Å²) in [4.78, 5) is 12.5. The van der Waals surface area contributed by atoms with Gasteiger partial charge >= 0.3 is 0 Å². The van der Waals surface area contributed by atoms with Gasteiger partial charge < -0.3 is 10.1 Å². The van der Waals surface area contributed by atoms with Gasteiger partial charge in [0.1, 0.15) is 5.75 Å². The average molecular weight is 459 g/mol. The average Bonchev–Trinajstić information content (AvgIpc) is 2.71. The van der Waals surface area contributed by atoms with Crippen LogP contribution in [0.1, 0.15) is 18.1 Å². The number of rotatable bonds is 7. The summed E-state index contributed by atoms with van der Waals surface area (Å²) in [5.74, 6) is 0.110. The molecule has 0 saturated carbocycles. The highest BCUT2D eigenvalue weighted by Crippen LogP contribution is 2.24. The second-order valence-electron chi connectivity index (χ2n) is 7.10. The number of para-hydroxylation sites is 1. The molecule has 0 bridgehead atoms. The lowest BCUT2D eigenvalue weighted by molar-refractivity contribution is -0.122. The number of halogens is 1. The molecular formula is C23H23ClN2O4S. The third-order valence-corrected chi connectivity index (χ3v) is 6.23. The van der Waals surface area contributed by atoms with E-state index in [-0.39, 0.29) is 10.8 Å². The fourth-order valence-corrected chi connectivity index (χ4v) is 4.31. The van der Waals surface area contributed by atoms with Crippen molar-refractivity contribution in [3.63, 3.8) is 0 Å². The lowest BCUT2D eigenvalue weighted by Gasteiger charge is -2.15. The van der Waals surface area contributed by atoms with Gasteiger partial charge in [-0.25, -0.2) is 8.42 Å². The maximum atomic E-state index is 12.7. The minimum atomic E-state index is -3.76. The molecular weight excluding hydrogens is 436 g/mol. The van der Waals surface area contributed by atoms with Crippen molar-refractivity contribution in [2.45, 2.75) is 31.8 Å². The Hall–Kier alpha value is -3.03. The van der Waals surface area contributed by atoms with Crippen molar-refractivity contribution < 1.29 is 17.9 Å². The highest BCUT2D eigenvalue weighted by Gasteiger charge is 2.18. The predicted molar refractivity (Wildman–Crippen MR) is 123 cm³/mol. The Balaban J connectivity index is 1.67. The molecule has 0 aromatic heterocycles. The number of amides is 1. The highest BCUT2D eigenvalue weighted by atomic mass is 35.5. The van der Waals surface area contributed by atoms with Crippen LogP contribution in [0.2, 0.25) is 5.02 Å². The monoisotopic (exact) mass is 458 g/mol. The molecule has 2 N–H and O–H groups in total. The number of aryl methyl sites for hydroxylation is 2. The van der Waals surface area contributed by atoms with Crippen molar-refractivity contribution in [3.05, 3.63) is 82.9 Å². The van der Waals surface area contributed by atoms with E-state index in [4.69, 9.17) is 16.3 Å². The summed E-state index contributed by atoms with van der Waals surface area (Å²) in [5.41, 5.74) is 2.69. The third-order valence-electron chi connectivity index (χ3n) is 4.63. The maximum absolute atomic E-state index is 12.7. The fraction of sp³-hybridized carbons (Fsp3) is 0.174. The second kappa shape index (κ2) is 9.41. The maximum Gasteiger partial charge on any atom is 0.265 e. The first-order valence-corrected chi connectivity index (χ1v) is 11.4. The molecule has 0 aliphatic carbocycles. The molecule has 6 nitrogen and oxygen atoms in total. The zero-order valence-electron chi connectivity index (χ0n) is 17.3. The number of hydrogen-bond donors (Lipinski definition) is 2. The van der Waals surface area contributed by atoms with Crippen molar-refractivity contribution in [2.75, 3.05) is 10.0 Å². The standard InChI is InChI=1S/C23H23ClN2O4S/c1-15-6-4-7-16(2)22(15)26-31(28,29)21-12-10-19(11-13-21)25-23(27)17(3)30-20-9-5-8-18(24)14-20/h4-14,17,26H,1-3H3,(H,25,27). The van der Waals surface area contributed by atoms with E-state index in [1.54, 1.807) is 31.2 Å². The Morgan fingerprint density at radius 1 is 0.968 bits per heavy atom. The van der Waals surface area contributed by atoms with Gasteiger partial charge in [-0.2, -0.15) is 0 Å². The van der Waals surface area contributed by atoms with E-state index in [2.05, 4.69) is 10.0 Å². The second-order valence-corrected chi connectivity index (χ2v) is 9.22. The van der Waals surface area contributed by atoms with Gasteiger partial charge in [0.2, 0.25) is 0 Å². The summed E-state index contributed by atoms with van der Waals surface area (Å²) in [5, 5.41) is 3.22. The lowest BCUT2D eigenvalue weighted by Crippen LogP contribution is -2.30. The van der Waals surface area contributed by atoms with E-state index in [1.807, 2.05) is 32.0 Å². The molecule has 8 heteroatoms. The highest BCUT2D eigenvalue weighted by molar-refractivity contribution is 7.92. The molecule has 0 saturated heterocycles. The van der Waals surface area contributed by atoms with E-state index in [1.165, 1.54) is 24.3 Å². The molecule has 0 spiro atoms. The van der Waals surface area contributed by atoms with Crippen LogP contribution < -0.4 is 14.8 Å². The topological polar surface area (TPSA) is 84.5 Å². The van der Waals surface area contributed by atoms with Gasteiger partial charge in [-0.05, 0) is 74.4 Å². The van der Waals surface area contributed by atoms with Crippen LogP contribution in [0.5, 0.6) is 5.75 Å². The number of carbonyl (C=O) groups is 1. The summed E-state index contributed by atoms with van der Waals surface area (Å²) >= 11 is 5.92. The van der Waals surface area contributed by atoms with E-state index >= 15 is 0 Å². The van der Waals surface area contributed by atoms with E-state index in [0.29, 0.717) is 22.1 Å². The molecule has 162 valence electrons. The van der Waals surface area contributed by atoms with Crippen LogP contribution >= 0.6 is 11.6 Å². The number of hydrogen-bond acceptors (Lipinski definition) is 4. The van der Waals surface area contributed by atoms with Crippen molar-refractivity contribution >= 4 is 38.9 Å². The van der Waals surface area contributed by atoms with Gasteiger partial charge in [0, 0.05) is 10.7 Å². The zero-order chi connectivity index (χ0) is 22.6. The molecule has 0 heterocycles. The molecule has 3 aromatic carbocycles. The van der Waals surface area contributed by atoms with Gasteiger partial charge in [-0.15, -0.1) is 0 Å². The predicted octanol–water partition coefficient (Wildman–Crippen LogP) is 5.16. The first-order chi connectivity index (χ1) is 14.7. The molecule has 1 amide bonds. The minimum Gasteiger partial charge on any atom is -0.481 e. The Kier molecular flexibility index (Phi) is 6.87. The van der Waals surface area contributed by atoms with Crippen molar-refractivity contribution in [2.24, 2.45) is 0 Å². The first kappa shape index (κ1) is 22.7. The van der Waals surface area contributed by atoms with E-state index < -0.39 is 16.1 Å². The summed E-state index contributed by atoms with van der Waals surface area (Å²) in [6.45, 7) is 5.30. The summed E-state index contributed by atoms with van der Waals surface area (Å²) in [6.07, 6.45) is -0.771. The molecule has 31 heavy (non-hydrogen) atoms. The molecule has 3 aromatic rings. The number of sulfonamides is 1. The number of ether oxygens (including phenoxy) is 1. The van der Waals surface area contributed by atoms with Gasteiger partial charge in [-0.3, -0.25) is 9.52 Å². The number of nitrogens with one attached hydrogen (secondary N) is 2. The SMILES string of the molecule is Cc1cccc(C)c1NS(=O)(=O)c1ccc(NC(=O)C(C)Oc2cccc(Cl)c2)cc1. The van der Waals surface area contributed by atoms with Gasteiger partial charge in [0.15, 0.2) is 6.10 Å². The molecule has 1 unspecified atom stereocenters. The Bertz CT molecular complexity index is 1170. The quantitative estimate of drug-likeness (QED) is 0.512. The van der Waals surface area contributed by atoms with Gasteiger partial charge in [0.25, 0.3) is 15.9 Å². The molecule has 0 aliphatic heterocycles. The van der Waals surface area contributed by atoms with Crippen molar-refractivity contribution in [1.82, 2.24) is 0 Å². The van der Waals surface area contributed by atoms with Crippen LogP contribution in [0, 0.1) is 13.8 Å². The Labute approximate surface area is 187 Å². The normalized spacial score (nSPS) is 12.1. The number of benzene rings is 3. The lowest BCUT2D eigenvalue weighted by atomic mass is 10.1. The van der Waals surface area contributed by atoms with Crippen molar-refractivity contribution in [3.8, 4) is 5.75 Å². The summed E-state index contributed by atoms with van der Waals surface area (Å²) in [6, 6.07) is 18.3. The molecule has 3 rings (SSSR count). The minimum absolute atomic E-state index is 0.0939. The van der Waals surface area contributed by atoms with Crippen LogP contribution in [0.25, 0.3) is 0 Å². The molecule has 1 atom stereocenters. The fourth-order valence-electron chi connectivity index (χ4n) is 2.93. The van der Waals surface area contributed by atoms with E-state index in [9.17, 15) is 13.2 Å². The number of carbonyl (C=O) groups excluding carboxylic acids is 1. The van der Waals surface area contributed by atoms with Crippen LogP contribution in [0.3, 0.4) is 0 Å². The van der Waals surface area contributed by atoms with Gasteiger partial charge in [-0.1, -0.05) is 35.9 Å². The molecule has 0 radical (unpaired) electrons. The number of anilines is 2. The van der Waals surface area contributed by atoms with E-state index in [0.717, 1.165) is 11.1 Å². The third kappa shape index (κ3) is 5.77. The van der Waals surface area contributed by atoms with Crippen LogP contribution in [0.15, 0.2) is 71.6 Å². The Morgan fingerprint density at radius 3 is 2.19 bits per heavy atom. The zero-order valence-corrected chi connectivity index (χ0v) is 18.9. The smallest absolute Gasteiger partial charge is 0.265 e. The molecule has 0 fully saturated rings. The van der Waals surface area contributed by atoms with Crippen LogP contribution in [-0.4, -0.2) is 20.4 Å².